The van der Waals surface area contributed by atoms with Crippen molar-refractivity contribution >= 4 is 0 Å². The van der Waals surface area contributed by atoms with Crippen LogP contribution in [-0.2, 0) is 6.54 Å². The summed E-state index contributed by atoms with van der Waals surface area (Å²) in [5, 5.41) is 3.07. The molecule has 4 heteroatoms. The fourth-order valence-corrected chi connectivity index (χ4v) is 1.82. The zero-order chi connectivity index (χ0) is 13.8. The number of hydrogen-bond acceptors (Lipinski definition) is 1. The fraction of sp³-hybridized carbons (Fsp3) is 0.200. The second-order valence-electron chi connectivity index (χ2n) is 4.39. The minimum atomic E-state index is -0.598. The lowest BCUT2D eigenvalue weighted by atomic mass is 10.1. The topological polar surface area (TPSA) is 12.0 Å². The van der Waals surface area contributed by atoms with Crippen LogP contribution in [0.25, 0.3) is 0 Å². The van der Waals surface area contributed by atoms with E-state index in [4.69, 9.17) is 0 Å². The summed E-state index contributed by atoms with van der Waals surface area (Å²) in [6.45, 7) is 2.11. The highest BCUT2D eigenvalue weighted by Crippen LogP contribution is 2.15. The lowest BCUT2D eigenvalue weighted by Gasteiger charge is -2.14. The minimum absolute atomic E-state index is 0.125. The zero-order valence-corrected chi connectivity index (χ0v) is 10.5. The summed E-state index contributed by atoms with van der Waals surface area (Å²) in [6.07, 6.45) is 0. The van der Waals surface area contributed by atoms with E-state index < -0.39 is 11.6 Å². The maximum absolute atomic E-state index is 13.4. The van der Waals surface area contributed by atoms with E-state index in [-0.39, 0.29) is 18.4 Å². The standard InChI is InChI=1S/C15H14F3N/c1-10(11-3-2-4-13(16)7-11)19-9-12-5-6-14(17)8-15(12)18/h2-8,10,19H,9H2,1H3/t10-/m0/s1. The van der Waals surface area contributed by atoms with E-state index in [1.165, 1.54) is 24.3 Å². The van der Waals surface area contributed by atoms with Crippen molar-refractivity contribution in [3.05, 3.63) is 71.0 Å². The summed E-state index contributed by atoms with van der Waals surface area (Å²) in [5.41, 5.74) is 1.16. The van der Waals surface area contributed by atoms with Crippen molar-refractivity contribution in [3.8, 4) is 0 Å². The van der Waals surface area contributed by atoms with Gasteiger partial charge in [0, 0.05) is 24.2 Å². The van der Waals surface area contributed by atoms with Gasteiger partial charge in [0.25, 0.3) is 0 Å². The van der Waals surface area contributed by atoms with Crippen LogP contribution in [0.1, 0.15) is 24.1 Å². The number of rotatable bonds is 4. The first-order valence-corrected chi connectivity index (χ1v) is 5.99. The molecule has 0 aliphatic heterocycles. The number of benzene rings is 2. The Balaban J connectivity index is 2.02. The van der Waals surface area contributed by atoms with Crippen molar-refractivity contribution in [2.24, 2.45) is 0 Å². The predicted molar refractivity (Wildman–Crippen MR) is 68.0 cm³/mol. The lowest BCUT2D eigenvalue weighted by molar-refractivity contribution is 0.531. The highest BCUT2D eigenvalue weighted by atomic mass is 19.1. The second kappa shape index (κ2) is 5.89. The summed E-state index contributed by atoms with van der Waals surface area (Å²) in [7, 11) is 0. The molecule has 0 aliphatic carbocycles. The molecular formula is C15H14F3N. The highest BCUT2D eigenvalue weighted by molar-refractivity contribution is 5.21. The molecule has 1 atom stereocenters. The summed E-state index contributed by atoms with van der Waals surface area (Å²) >= 11 is 0. The van der Waals surface area contributed by atoms with Crippen LogP contribution in [0, 0.1) is 17.5 Å². The first kappa shape index (κ1) is 13.6. The Morgan fingerprint density at radius 1 is 1.00 bits per heavy atom. The van der Waals surface area contributed by atoms with Gasteiger partial charge in [-0.1, -0.05) is 18.2 Å². The Morgan fingerprint density at radius 2 is 1.74 bits per heavy atom. The van der Waals surface area contributed by atoms with E-state index in [0.29, 0.717) is 5.56 Å². The maximum atomic E-state index is 13.4. The molecule has 1 nitrogen and oxygen atoms in total. The Bertz CT molecular complexity index is 569. The molecule has 0 aliphatic rings. The van der Waals surface area contributed by atoms with Gasteiger partial charge in [-0.05, 0) is 30.7 Å². The molecule has 1 N–H and O–H groups in total. The van der Waals surface area contributed by atoms with Gasteiger partial charge in [0.1, 0.15) is 17.5 Å². The van der Waals surface area contributed by atoms with Gasteiger partial charge < -0.3 is 5.32 Å². The van der Waals surface area contributed by atoms with Crippen LogP contribution in [-0.4, -0.2) is 0 Å². The molecule has 2 rings (SSSR count). The third-order valence-electron chi connectivity index (χ3n) is 2.96. The van der Waals surface area contributed by atoms with Crippen molar-refractivity contribution in [1.29, 1.82) is 0 Å². The average Bonchev–Trinajstić information content (AvgIpc) is 2.37. The minimum Gasteiger partial charge on any atom is -0.306 e. The summed E-state index contributed by atoms with van der Waals surface area (Å²) in [4.78, 5) is 0. The normalized spacial score (nSPS) is 12.4. The number of hydrogen-bond donors (Lipinski definition) is 1. The number of halogens is 3. The molecule has 2 aromatic rings. The van der Waals surface area contributed by atoms with Crippen LogP contribution < -0.4 is 5.32 Å². The molecule has 0 spiro atoms. The average molecular weight is 265 g/mol. The second-order valence-corrected chi connectivity index (χ2v) is 4.39. The molecule has 0 saturated heterocycles. The van der Waals surface area contributed by atoms with Gasteiger partial charge in [0.05, 0.1) is 0 Å². The summed E-state index contributed by atoms with van der Waals surface area (Å²) in [6, 6.07) is 9.56. The van der Waals surface area contributed by atoms with Gasteiger partial charge in [-0.25, -0.2) is 13.2 Å². The van der Waals surface area contributed by atoms with Gasteiger partial charge in [0.15, 0.2) is 0 Å². The van der Waals surface area contributed by atoms with Crippen molar-refractivity contribution < 1.29 is 13.2 Å². The van der Waals surface area contributed by atoms with E-state index in [1.54, 1.807) is 12.1 Å². The first-order chi connectivity index (χ1) is 9.06. The molecule has 0 saturated carbocycles. The molecule has 0 radical (unpaired) electrons. The van der Waals surface area contributed by atoms with E-state index in [9.17, 15) is 13.2 Å². The van der Waals surface area contributed by atoms with Crippen LogP contribution in [0.2, 0.25) is 0 Å². The van der Waals surface area contributed by atoms with Crippen LogP contribution in [0.4, 0.5) is 13.2 Å². The quantitative estimate of drug-likeness (QED) is 0.882. The molecule has 19 heavy (non-hydrogen) atoms. The monoisotopic (exact) mass is 265 g/mol. The van der Waals surface area contributed by atoms with Gasteiger partial charge >= 0.3 is 0 Å². The van der Waals surface area contributed by atoms with E-state index in [2.05, 4.69) is 5.32 Å². The Morgan fingerprint density at radius 3 is 2.42 bits per heavy atom. The van der Waals surface area contributed by atoms with Crippen molar-refractivity contribution in [2.45, 2.75) is 19.5 Å². The van der Waals surface area contributed by atoms with Crippen molar-refractivity contribution in [1.82, 2.24) is 5.32 Å². The summed E-state index contributed by atoms with van der Waals surface area (Å²) < 4.78 is 39.3. The van der Waals surface area contributed by atoms with Crippen LogP contribution in [0.15, 0.2) is 42.5 Å². The number of nitrogens with one attached hydrogen (secondary N) is 1. The molecule has 0 amide bonds. The maximum Gasteiger partial charge on any atom is 0.130 e. The van der Waals surface area contributed by atoms with Crippen LogP contribution in [0.3, 0.4) is 0 Å². The largest absolute Gasteiger partial charge is 0.306 e. The van der Waals surface area contributed by atoms with Crippen LogP contribution in [0.5, 0.6) is 0 Å². The van der Waals surface area contributed by atoms with Gasteiger partial charge in [-0.2, -0.15) is 0 Å². The Hall–Kier alpha value is -1.81. The van der Waals surface area contributed by atoms with E-state index in [1.807, 2.05) is 6.92 Å². The fourth-order valence-electron chi connectivity index (χ4n) is 1.82. The van der Waals surface area contributed by atoms with E-state index >= 15 is 0 Å². The lowest BCUT2D eigenvalue weighted by Crippen LogP contribution is -2.19. The summed E-state index contributed by atoms with van der Waals surface area (Å²) in [5.74, 6) is -1.49. The zero-order valence-electron chi connectivity index (χ0n) is 10.5. The SMILES string of the molecule is C[C@H](NCc1ccc(F)cc1F)c1cccc(F)c1. The molecule has 0 fully saturated rings. The van der Waals surface area contributed by atoms with Gasteiger partial charge in [-0.15, -0.1) is 0 Å². The molecule has 0 heterocycles. The Kier molecular flexibility index (Phi) is 4.22. The molecule has 0 aromatic heterocycles. The molecule has 2 aromatic carbocycles. The third kappa shape index (κ3) is 3.58. The van der Waals surface area contributed by atoms with Gasteiger partial charge in [-0.3, -0.25) is 0 Å². The highest BCUT2D eigenvalue weighted by Gasteiger charge is 2.08. The Labute approximate surface area is 110 Å². The van der Waals surface area contributed by atoms with Crippen LogP contribution >= 0.6 is 0 Å². The van der Waals surface area contributed by atoms with Crippen molar-refractivity contribution in [3.63, 3.8) is 0 Å². The molecule has 0 bridgehead atoms. The van der Waals surface area contributed by atoms with Gasteiger partial charge in [0.2, 0.25) is 0 Å². The molecular weight excluding hydrogens is 251 g/mol. The smallest absolute Gasteiger partial charge is 0.130 e. The molecule has 0 unspecified atom stereocenters. The third-order valence-corrected chi connectivity index (χ3v) is 2.96. The molecule has 100 valence electrons. The van der Waals surface area contributed by atoms with E-state index in [0.717, 1.165) is 11.6 Å². The predicted octanol–water partition coefficient (Wildman–Crippen LogP) is 3.95. The van der Waals surface area contributed by atoms with Crippen molar-refractivity contribution in [2.75, 3.05) is 0 Å². The first-order valence-electron chi connectivity index (χ1n) is 5.99.